The zero-order valence-corrected chi connectivity index (χ0v) is 12.9. The van der Waals surface area contributed by atoms with E-state index < -0.39 is 5.91 Å². The minimum atomic E-state index is -0.414. The second-order valence-electron chi connectivity index (χ2n) is 3.90. The van der Waals surface area contributed by atoms with Gasteiger partial charge in [0.15, 0.2) is 12.4 Å². The van der Waals surface area contributed by atoms with Crippen LogP contribution < -0.4 is 39.4 Å². The van der Waals surface area contributed by atoms with Gasteiger partial charge in [0.25, 0.3) is 11.8 Å². The molecule has 2 amide bonds. The van der Waals surface area contributed by atoms with Crippen molar-refractivity contribution in [3.63, 3.8) is 0 Å². The third kappa shape index (κ3) is 4.26. The number of nitrogens with one attached hydrogen (secondary N) is 2. The number of aromatic nitrogens is 2. The van der Waals surface area contributed by atoms with Gasteiger partial charge >= 0.3 is 0 Å². The number of carbonyl (C=O) groups is 2. The standard InChI is InChI=1S/C13H12N4O2.HI/c1-17-7-4-10(5-8-17)12(18)15-16-13(19)11-3-2-6-14-9-11;/h2-9,18H,1H3;1H. The second kappa shape index (κ2) is 7.53. The topological polar surface area (TPSA) is 75.0 Å². The average Bonchev–Trinajstić information content (AvgIpc) is 2.46. The lowest BCUT2D eigenvalue weighted by Gasteiger charge is -2.06. The van der Waals surface area contributed by atoms with Gasteiger partial charge in [0.2, 0.25) is 0 Å². The summed E-state index contributed by atoms with van der Waals surface area (Å²) in [6.07, 6.45) is 6.49. The zero-order chi connectivity index (χ0) is 13.7. The Bertz CT molecular complexity index is 587. The number of hydrazine groups is 1. The minimum Gasteiger partial charge on any atom is -1.00 e. The molecule has 0 bridgehead atoms. The van der Waals surface area contributed by atoms with Crippen LogP contribution in [0.15, 0.2) is 49.1 Å². The monoisotopic (exact) mass is 384 g/mol. The van der Waals surface area contributed by atoms with Crippen LogP contribution in [-0.2, 0) is 7.05 Å². The Kier molecular flexibility index (Phi) is 6.04. The fourth-order valence-electron chi connectivity index (χ4n) is 1.41. The molecule has 2 rings (SSSR count). The highest BCUT2D eigenvalue weighted by Gasteiger charge is 2.09. The van der Waals surface area contributed by atoms with Gasteiger partial charge in [-0.25, -0.2) is 4.57 Å². The normalized spacial score (nSPS) is 9.25. The molecule has 2 aromatic heterocycles. The van der Waals surface area contributed by atoms with Gasteiger partial charge in [0, 0.05) is 24.5 Å². The van der Waals surface area contributed by atoms with Gasteiger partial charge in [-0.15, -0.1) is 0 Å². The van der Waals surface area contributed by atoms with Gasteiger partial charge < -0.3 is 24.0 Å². The van der Waals surface area contributed by atoms with Crippen LogP contribution in [0.3, 0.4) is 0 Å². The van der Waals surface area contributed by atoms with Crippen LogP contribution in [-0.4, -0.2) is 16.8 Å². The van der Waals surface area contributed by atoms with Crippen LogP contribution in [0, 0.1) is 0 Å². The van der Waals surface area contributed by atoms with Crippen molar-refractivity contribution >= 4 is 11.8 Å². The molecular weight excluding hydrogens is 371 g/mol. The Morgan fingerprint density at radius 3 is 2.20 bits per heavy atom. The van der Waals surface area contributed by atoms with Crippen LogP contribution in [0.25, 0.3) is 0 Å². The number of hydrogen-bond donors (Lipinski definition) is 2. The predicted molar refractivity (Wildman–Crippen MR) is 66.8 cm³/mol. The number of pyridine rings is 2. The van der Waals surface area contributed by atoms with E-state index in [0.29, 0.717) is 11.1 Å². The van der Waals surface area contributed by atoms with Crippen molar-refractivity contribution in [2.24, 2.45) is 7.05 Å². The summed E-state index contributed by atoms with van der Waals surface area (Å²) in [5, 5.41) is 0. The van der Waals surface area contributed by atoms with Crippen LogP contribution >= 0.6 is 0 Å². The zero-order valence-electron chi connectivity index (χ0n) is 10.7. The predicted octanol–water partition coefficient (Wildman–Crippen LogP) is -3.02. The summed E-state index contributed by atoms with van der Waals surface area (Å²) in [4.78, 5) is 27.2. The van der Waals surface area contributed by atoms with E-state index in [1.54, 1.807) is 42.9 Å². The number of aryl methyl sites for hydroxylation is 1. The molecule has 2 N–H and O–H groups in total. The molecule has 0 atom stereocenters. The largest absolute Gasteiger partial charge is 1.00 e. The van der Waals surface area contributed by atoms with E-state index >= 15 is 0 Å². The third-order valence-electron chi connectivity index (χ3n) is 2.45. The summed E-state index contributed by atoms with van der Waals surface area (Å²) >= 11 is 0. The molecule has 0 aromatic carbocycles. The highest BCUT2D eigenvalue weighted by Crippen LogP contribution is 1.96. The fourth-order valence-corrected chi connectivity index (χ4v) is 1.41. The molecule has 7 heteroatoms. The van der Waals surface area contributed by atoms with E-state index in [1.807, 2.05) is 11.6 Å². The first-order valence-electron chi connectivity index (χ1n) is 5.63. The van der Waals surface area contributed by atoms with Gasteiger partial charge in [-0.2, -0.15) is 0 Å². The van der Waals surface area contributed by atoms with Crippen LogP contribution in [0.1, 0.15) is 20.7 Å². The third-order valence-corrected chi connectivity index (χ3v) is 2.45. The van der Waals surface area contributed by atoms with E-state index in [9.17, 15) is 9.59 Å². The molecule has 0 aliphatic carbocycles. The summed E-state index contributed by atoms with van der Waals surface area (Å²) < 4.78 is 1.81. The highest BCUT2D eigenvalue weighted by molar-refractivity contribution is 5.98. The van der Waals surface area contributed by atoms with E-state index in [0.717, 1.165) is 0 Å². The molecule has 104 valence electrons. The molecular formula is C13H13IN4O2. The summed E-state index contributed by atoms with van der Waals surface area (Å²) in [7, 11) is 1.85. The van der Waals surface area contributed by atoms with E-state index in [2.05, 4.69) is 15.8 Å². The lowest BCUT2D eigenvalue weighted by molar-refractivity contribution is -0.671. The molecule has 0 radical (unpaired) electrons. The summed E-state index contributed by atoms with van der Waals surface area (Å²) in [5.74, 6) is -0.791. The van der Waals surface area contributed by atoms with Crippen molar-refractivity contribution in [3.8, 4) is 0 Å². The molecule has 6 nitrogen and oxygen atoms in total. The number of amides is 2. The van der Waals surface area contributed by atoms with Crippen molar-refractivity contribution in [1.29, 1.82) is 0 Å². The molecule has 0 aliphatic rings. The molecule has 0 saturated heterocycles. The summed E-state index contributed by atoms with van der Waals surface area (Å²) in [5.41, 5.74) is 5.51. The molecule has 2 aromatic rings. The SMILES string of the molecule is C[n+]1ccc(C(=O)NNC(=O)c2cccnc2)cc1.[I-]. The Balaban J connectivity index is 0.00000200. The van der Waals surface area contributed by atoms with E-state index in [1.165, 1.54) is 6.20 Å². The van der Waals surface area contributed by atoms with Gasteiger partial charge in [-0.1, -0.05) is 0 Å². The van der Waals surface area contributed by atoms with E-state index in [-0.39, 0.29) is 29.9 Å². The van der Waals surface area contributed by atoms with Crippen molar-refractivity contribution in [2.45, 2.75) is 0 Å². The van der Waals surface area contributed by atoms with Crippen molar-refractivity contribution < 1.29 is 38.1 Å². The van der Waals surface area contributed by atoms with Gasteiger partial charge in [-0.05, 0) is 12.1 Å². The fraction of sp³-hybridized carbons (Fsp3) is 0.0769. The minimum absolute atomic E-state index is 0. The Labute approximate surface area is 133 Å². The lowest BCUT2D eigenvalue weighted by Crippen LogP contribution is -3.00. The second-order valence-corrected chi connectivity index (χ2v) is 3.90. The first-order valence-corrected chi connectivity index (χ1v) is 5.63. The van der Waals surface area contributed by atoms with Crippen LogP contribution in [0.4, 0.5) is 0 Å². The number of hydrogen-bond acceptors (Lipinski definition) is 3. The highest BCUT2D eigenvalue weighted by atomic mass is 127. The van der Waals surface area contributed by atoms with E-state index in [4.69, 9.17) is 0 Å². The summed E-state index contributed by atoms with van der Waals surface area (Å²) in [6, 6.07) is 6.57. The van der Waals surface area contributed by atoms with Crippen LogP contribution in [0.5, 0.6) is 0 Å². The smallest absolute Gasteiger partial charge is 0.271 e. The Hall–Kier alpha value is -2.03. The number of halogens is 1. The average molecular weight is 384 g/mol. The molecule has 0 fully saturated rings. The molecule has 20 heavy (non-hydrogen) atoms. The quantitative estimate of drug-likeness (QED) is 0.329. The maximum absolute atomic E-state index is 11.7. The molecule has 0 saturated carbocycles. The van der Waals surface area contributed by atoms with Gasteiger partial charge in [0.05, 0.1) is 11.1 Å². The molecule has 0 aliphatic heterocycles. The van der Waals surface area contributed by atoms with Crippen LogP contribution in [0.2, 0.25) is 0 Å². The maximum Gasteiger partial charge on any atom is 0.271 e. The molecule has 2 heterocycles. The van der Waals surface area contributed by atoms with Crippen molar-refractivity contribution in [3.05, 3.63) is 60.2 Å². The van der Waals surface area contributed by atoms with Gasteiger partial charge in [-0.3, -0.25) is 25.4 Å². The first kappa shape index (κ1) is 16.0. The van der Waals surface area contributed by atoms with Crippen molar-refractivity contribution in [2.75, 3.05) is 0 Å². The van der Waals surface area contributed by atoms with Gasteiger partial charge in [0.1, 0.15) is 7.05 Å². The molecule has 0 unspecified atom stereocenters. The van der Waals surface area contributed by atoms with Crippen molar-refractivity contribution in [1.82, 2.24) is 15.8 Å². The Morgan fingerprint density at radius 1 is 1.05 bits per heavy atom. The maximum atomic E-state index is 11.7. The number of rotatable bonds is 2. The number of carbonyl (C=O) groups excluding carboxylic acids is 2. The summed E-state index contributed by atoms with van der Waals surface area (Å²) in [6.45, 7) is 0. The Morgan fingerprint density at radius 2 is 1.65 bits per heavy atom. The number of nitrogens with zero attached hydrogens (tertiary/aromatic N) is 2. The molecule has 0 spiro atoms. The first-order chi connectivity index (χ1) is 9.16. The lowest BCUT2D eigenvalue weighted by atomic mass is 10.2.